The van der Waals surface area contributed by atoms with Crippen LogP contribution in [0.4, 0.5) is 5.69 Å². The summed E-state index contributed by atoms with van der Waals surface area (Å²) in [6, 6.07) is 7.10. The molecule has 1 aliphatic rings. The molecule has 1 aromatic carbocycles. The van der Waals surface area contributed by atoms with Crippen molar-refractivity contribution in [2.75, 3.05) is 23.8 Å². The number of carbonyl (C=O) groups excluding carboxylic acids is 3. The van der Waals surface area contributed by atoms with Gasteiger partial charge in [0.05, 0.1) is 12.4 Å². The van der Waals surface area contributed by atoms with Gasteiger partial charge in [-0.05, 0) is 37.6 Å². The predicted octanol–water partition coefficient (Wildman–Crippen LogP) is 2.02. The Balaban J connectivity index is 1.57. The molecule has 1 fully saturated rings. The van der Waals surface area contributed by atoms with Gasteiger partial charge in [-0.1, -0.05) is 11.8 Å². The summed E-state index contributed by atoms with van der Waals surface area (Å²) in [5.41, 5.74) is 1.40. The smallest absolute Gasteiger partial charge is 0.313 e. The Bertz CT molecular complexity index is 879. The van der Waals surface area contributed by atoms with E-state index in [1.807, 2.05) is 0 Å². The maximum Gasteiger partial charge on any atom is 0.313 e. The average Bonchev–Trinajstić information content (AvgIpc) is 3.26. The molecule has 28 heavy (non-hydrogen) atoms. The van der Waals surface area contributed by atoms with E-state index in [4.69, 9.17) is 4.74 Å². The van der Waals surface area contributed by atoms with Crippen LogP contribution in [0.25, 0.3) is 0 Å². The standard InChI is InChI=1S/C19H22N4O4S/c1-3-27-18(26)11-16-20-21-19(22(16)2)28-12-15(24)13-6-8-14(9-7-13)23-10-4-5-17(23)25/h6-9H,3-5,10-12H2,1-2H3. The number of hydrogen-bond donors (Lipinski definition) is 0. The van der Waals surface area contributed by atoms with Gasteiger partial charge in [0.25, 0.3) is 0 Å². The normalized spacial score (nSPS) is 13.8. The quantitative estimate of drug-likeness (QED) is 0.379. The Labute approximate surface area is 167 Å². The predicted molar refractivity (Wildman–Crippen MR) is 104 cm³/mol. The zero-order valence-corrected chi connectivity index (χ0v) is 16.7. The number of ether oxygens (including phenoxy) is 1. The minimum absolute atomic E-state index is 0.0424. The van der Waals surface area contributed by atoms with Crippen LogP contribution in [0.2, 0.25) is 0 Å². The summed E-state index contributed by atoms with van der Waals surface area (Å²) >= 11 is 1.26. The number of nitrogens with zero attached hydrogens (tertiary/aromatic N) is 4. The highest BCUT2D eigenvalue weighted by Gasteiger charge is 2.22. The molecule has 1 aliphatic heterocycles. The monoisotopic (exact) mass is 402 g/mol. The van der Waals surface area contributed by atoms with Crippen molar-refractivity contribution in [1.82, 2.24) is 14.8 Å². The van der Waals surface area contributed by atoms with Gasteiger partial charge >= 0.3 is 5.97 Å². The number of thioether (sulfide) groups is 1. The number of ketones is 1. The summed E-state index contributed by atoms with van der Waals surface area (Å²) in [6.07, 6.45) is 1.49. The number of benzene rings is 1. The van der Waals surface area contributed by atoms with Crippen molar-refractivity contribution in [2.24, 2.45) is 7.05 Å². The first-order valence-corrected chi connectivity index (χ1v) is 10.1. The largest absolute Gasteiger partial charge is 0.466 e. The number of Topliss-reactive ketones (excluding diaryl/α,β-unsaturated/α-hetero) is 1. The molecule has 0 saturated carbocycles. The van der Waals surface area contributed by atoms with Crippen molar-refractivity contribution in [3.63, 3.8) is 0 Å². The van der Waals surface area contributed by atoms with Gasteiger partial charge in [0.1, 0.15) is 12.2 Å². The van der Waals surface area contributed by atoms with Crippen LogP contribution in [0.15, 0.2) is 29.4 Å². The molecule has 2 aromatic rings. The molecular weight excluding hydrogens is 380 g/mol. The van der Waals surface area contributed by atoms with Gasteiger partial charge in [-0.15, -0.1) is 10.2 Å². The topological polar surface area (TPSA) is 94.4 Å². The Kier molecular flexibility index (Phi) is 6.45. The summed E-state index contributed by atoms with van der Waals surface area (Å²) in [5.74, 6) is 0.415. The second-order valence-corrected chi connectivity index (χ2v) is 7.29. The highest BCUT2D eigenvalue weighted by Crippen LogP contribution is 2.23. The van der Waals surface area contributed by atoms with E-state index in [0.29, 0.717) is 29.6 Å². The van der Waals surface area contributed by atoms with Crippen LogP contribution >= 0.6 is 11.8 Å². The third-order valence-corrected chi connectivity index (χ3v) is 5.46. The molecule has 0 N–H and O–H groups in total. The van der Waals surface area contributed by atoms with Crippen molar-refractivity contribution in [3.8, 4) is 0 Å². The number of aromatic nitrogens is 3. The van der Waals surface area contributed by atoms with Crippen LogP contribution in [0.5, 0.6) is 0 Å². The van der Waals surface area contributed by atoms with Gasteiger partial charge in [-0.2, -0.15) is 0 Å². The maximum atomic E-state index is 12.5. The Morgan fingerprint density at radius 1 is 1.21 bits per heavy atom. The highest BCUT2D eigenvalue weighted by atomic mass is 32.2. The fourth-order valence-corrected chi connectivity index (χ4v) is 3.75. The lowest BCUT2D eigenvalue weighted by molar-refractivity contribution is -0.142. The lowest BCUT2D eigenvalue weighted by Crippen LogP contribution is -2.23. The first-order valence-electron chi connectivity index (χ1n) is 9.10. The number of esters is 1. The molecule has 0 radical (unpaired) electrons. The van der Waals surface area contributed by atoms with E-state index < -0.39 is 0 Å². The molecule has 1 amide bonds. The van der Waals surface area contributed by atoms with Crippen molar-refractivity contribution in [3.05, 3.63) is 35.7 Å². The molecule has 3 rings (SSSR count). The van der Waals surface area contributed by atoms with Crippen LogP contribution in [-0.2, 0) is 27.8 Å². The van der Waals surface area contributed by atoms with Gasteiger partial charge in [0, 0.05) is 31.3 Å². The summed E-state index contributed by atoms with van der Waals surface area (Å²) in [5, 5.41) is 8.60. The van der Waals surface area contributed by atoms with Crippen molar-refractivity contribution in [1.29, 1.82) is 0 Å². The summed E-state index contributed by atoms with van der Waals surface area (Å²) in [6.45, 7) is 2.79. The number of amides is 1. The third kappa shape index (κ3) is 4.59. The molecule has 1 aromatic heterocycles. The fourth-order valence-electron chi connectivity index (χ4n) is 2.93. The van der Waals surface area contributed by atoms with Crippen LogP contribution in [0.1, 0.15) is 35.9 Å². The number of anilines is 1. The Hall–Kier alpha value is -2.68. The van der Waals surface area contributed by atoms with Gasteiger partial charge in [0.2, 0.25) is 5.91 Å². The van der Waals surface area contributed by atoms with E-state index in [2.05, 4.69) is 10.2 Å². The molecule has 0 atom stereocenters. The lowest BCUT2D eigenvalue weighted by atomic mass is 10.1. The zero-order valence-electron chi connectivity index (χ0n) is 15.9. The van der Waals surface area contributed by atoms with E-state index in [1.165, 1.54) is 11.8 Å². The molecule has 9 heteroatoms. The van der Waals surface area contributed by atoms with Crippen molar-refractivity contribution >= 4 is 35.1 Å². The lowest BCUT2D eigenvalue weighted by Gasteiger charge is -2.15. The number of hydrogen-bond acceptors (Lipinski definition) is 7. The van der Waals surface area contributed by atoms with E-state index >= 15 is 0 Å². The van der Waals surface area contributed by atoms with Gasteiger partial charge in [0.15, 0.2) is 10.9 Å². The van der Waals surface area contributed by atoms with Gasteiger partial charge < -0.3 is 14.2 Å². The minimum atomic E-state index is -0.359. The van der Waals surface area contributed by atoms with Crippen LogP contribution in [-0.4, -0.2) is 51.3 Å². The highest BCUT2D eigenvalue weighted by molar-refractivity contribution is 7.99. The van der Waals surface area contributed by atoms with E-state index in [1.54, 1.807) is 47.7 Å². The van der Waals surface area contributed by atoms with Crippen LogP contribution < -0.4 is 4.90 Å². The number of rotatable bonds is 8. The molecule has 0 bridgehead atoms. The summed E-state index contributed by atoms with van der Waals surface area (Å²) in [7, 11) is 1.75. The van der Waals surface area contributed by atoms with Crippen molar-refractivity contribution in [2.45, 2.75) is 31.3 Å². The van der Waals surface area contributed by atoms with Crippen LogP contribution in [0, 0.1) is 0 Å². The van der Waals surface area contributed by atoms with E-state index in [-0.39, 0.29) is 29.8 Å². The zero-order chi connectivity index (χ0) is 20.1. The van der Waals surface area contributed by atoms with Gasteiger partial charge in [-0.3, -0.25) is 14.4 Å². The first-order chi connectivity index (χ1) is 13.5. The summed E-state index contributed by atoms with van der Waals surface area (Å²) < 4.78 is 6.61. The van der Waals surface area contributed by atoms with Crippen molar-refractivity contribution < 1.29 is 19.1 Å². The molecule has 0 aliphatic carbocycles. The molecule has 0 unspecified atom stereocenters. The first kappa shape index (κ1) is 20.1. The minimum Gasteiger partial charge on any atom is -0.466 e. The average molecular weight is 402 g/mol. The number of carbonyl (C=O) groups is 3. The second-order valence-electron chi connectivity index (χ2n) is 6.35. The van der Waals surface area contributed by atoms with E-state index in [0.717, 1.165) is 18.7 Å². The Morgan fingerprint density at radius 3 is 2.61 bits per heavy atom. The molecule has 8 nitrogen and oxygen atoms in total. The third-order valence-electron chi connectivity index (χ3n) is 4.44. The van der Waals surface area contributed by atoms with Gasteiger partial charge in [-0.25, -0.2) is 0 Å². The molecule has 148 valence electrons. The molecule has 0 spiro atoms. The summed E-state index contributed by atoms with van der Waals surface area (Å²) in [4.78, 5) is 37.6. The molecule has 1 saturated heterocycles. The SMILES string of the molecule is CCOC(=O)Cc1nnc(SCC(=O)c2ccc(N3CCCC3=O)cc2)n1C. The van der Waals surface area contributed by atoms with Crippen LogP contribution in [0.3, 0.4) is 0 Å². The van der Waals surface area contributed by atoms with E-state index in [9.17, 15) is 14.4 Å². The molecular formula is C19H22N4O4S. The Morgan fingerprint density at radius 2 is 1.96 bits per heavy atom. The second kappa shape index (κ2) is 9.01. The maximum absolute atomic E-state index is 12.5. The molecule has 2 heterocycles. The fraction of sp³-hybridized carbons (Fsp3) is 0.421.